The maximum Gasteiger partial charge on any atom is 0.120 e. The van der Waals surface area contributed by atoms with Crippen LogP contribution < -0.4 is 5.73 Å². The van der Waals surface area contributed by atoms with Gasteiger partial charge in [0.2, 0.25) is 0 Å². The molecule has 0 radical (unpaired) electrons. The molecular formula is C7H10ClNO. The Morgan fingerprint density at radius 1 is 1.40 bits per heavy atom. The third kappa shape index (κ3) is 1.54. The SMILES string of the molecule is Cc1c(N)cccc1O.Cl. The van der Waals surface area contributed by atoms with Crippen molar-refractivity contribution in [1.82, 2.24) is 0 Å². The monoisotopic (exact) mass is 159 g/mol. The van der Waals surface area contributed by atoms with E-state index >= 15 is 0 Å². The Morgan fingerprint density at radius 3 is 2.40 bits per heavy atom. The topological polar surface area (TPSA) is 46.2 Å². The van der Waals surface area contributed by atoms with Crippen molar-refractivity contribution < 1.29 is 5.11 Å². The van der Waals surface area contributed by atoms with E-state index in [4.69, 9.17) is 10.8 Å². The maximum absolute atomic E-state index is 9.02. The van der Waals surface area contributed by atoms with Crippen LogP contribution in [-0.4, -0.2) is 5.11 Å². The molecule has 0 amide bonds. The predicted molar refractivity (Wildman–Crippen MR) is 44.5 cm³/mol. The van der Waals surface area contributed by atoms with Crippen molar-refractivity contribution in [3.8, 4) is 5.75 Å². The predicted octanol–water partition coefficient (Wildman–Crippen LogP) is 1.70. The Hall–Kier alpha value is -0.890. The first-order valence-corrected chi connectivity index (χ1v) is 2.76. The van der Waals surface area contributed by atoms with Gasteiger partial charge in [-0.25, -0.2) is 0 Å². The van der Waals surface area contributed by atoms with Crippen molar-refractivity contribution in [2.75, 3.05) is 5.73 Å². The minimum absolute atomic E-state index is 0. The second-order valence-electron chi connectivity index (χ2n) is 1.99. The number of benzene rings is 1. The summed E-state index contributed by atoms with van der Waals surface area (Å²) in [5.41, 5.74) is 6.84. The molecule has 1 aromatic carbocycles. The smallest absolute Gasteiger partial charge is 0.120 e. The molecule has 1 aromatic rings. The molecule has 3 N–H and O–H groups in total. The summed E-state index contributed by atoms with van der Waals surface area (Å²) in [5.74, 6) is 0.259. The van der Waals surface area contributed by atoms with Crippen LogP contribution in [0.3, 0.4) is 0 Å². The minimum atomic E-state index is 0. The van der Waals surface area contributed by atoms with Crippen LogP contribution >= 0.6 is 12.4 Å². The molecule has 0 heterocycles. The van der Waals surface area contributed by atoms with Gasteiger partial charge in [-0.05, 0) is 19.1 Å². The molecular weight excluding hydrogens is 150 g/mol. The molecule has 10 heavy (non-hydrogen) atoms. The zero-order chi connectivity index (χ0) is 6.85. The van der Waals surface area contributed by atoms with Crippen molar-refractivity contribution in [1.29, 1.82) is 0 Å². The van der Waals surface area contributed by atoms with E-state index in [0.717, 1.165) is 5.56 Å². The Bertz CT molecular complexity index is 205. The van der Waals surface area contributed by atoms with Crippen LogP contribution in [0.1, 0.15) is 5.56 Å². The van der Waals surface area contributed by atoms with E-state index in [0.29, 0.717) is 5.69 Å². The minimum Gasteiger partial charge on any atom is -0.508 e. The van der Waals surface area contributed by atoms with E-state index in [1.165, 1.54) is 0 Å². The average molecular weight is 160 g/mol. The zero-order valence-corrected chi connectivity index (χ0v) is 6.48. The normalized spacial score (nSPS) is 8.50. The second-order valence-corrected chi connectivity index (χ2v) is 1.99. The molecule has 56 valence electrons. The van der Waals surface area contributed by atoms with Crippen molar-refractivity contribution >= 4 is 18.1 Å². The Balaban J connectivity index is 0.000000810. The van der Waals surface area contributed by atoms with Crippen molar-refractivity contribution in [3.63, 3.8) is 0 Å². The van der Waals surface area contributed by atoms with E-state index < -0.39 is 0 Å². The lowest BCUT2D eigenvalue weighted by Gasteiger charge is -1.99. The molecule has 2 nitrogen and oxygen atoms in total. The van der Waals surface area contributed by atoms with E-state index in [2.05, 4.69) is 0 Å². The molecule has 0 aliphatic carbocycles. The fourth-order valence-corrected chi connectivity index (χ4v) is 0.641. The number of phenols is 1. The van der Waals surface area contributed by atoms with E-state index in [9.17, 15) is 0 Å². The fraction of sp³-hybridized carbons (Fsp3) is 0.143. The van der Waals surface area contributed by atoms with Gasteiger partial charge in [-0.2, -0.15) is 0 Å². The Kier molecular flexibility index (Phi) is 3.03. The first-order chi connectivity index (χ1) is 4.22. The number of nitrogen functional groups attached to an aromatic ring is 1. The molecule has 3 heteroatoms. The standard InChI is InChI=1S/C7H9NO.ClH/c1-5-6(8)3-2-4-7(5)9;/h2-4,9H,8H2,1H3;1H. The fourth-order valence-electron chi connectivity index (χ4n) is 0.641. The molecule has 0 unspecified atom stereocenters. The van der Waals surface area contributed by atoms with Gasteiger partial charge in [0.1, 0.15) is 5.75 Å². The number of nitrogens with two attached hydrogens (primary N) is 1. The van der Waals surface area contributed by atoms with E-state index in [1.54, 1.807) is 25.1 Å². The van der Waals surface area contributed by atoms with Gasteiger partial charge in [0.25, 0.3) is 0 Å². The van der Waals surface area contributed by atoms with Crippen LogP contribution in [-0.2, 0) is 0 Å². The molecule has 0 atom stereocenters. The van der Waals surface area contributed by atoms with Crippen LogP contribution in [0.5, 0.6) is 5.75 Å². The summed E-state index contributed by atoms with van der Waals surface area (Å²) >= 11 is 0. The summed E-state index contributed by atoms with van der Waals surface area (Å²) in [5, 5.41) is 9.02. The van der Waals surface area contributed by atoms with Crippen molar-refractivity contribution in [3.05, 3.63) is 23.8 Å². The number of hydrogen-bond donors (Lipinski definition) is 2. The molecule has 0 aliphatic rings. The first-order valence-electron chi connectivity index (χ1n) is 2.76. The van der Waals surface area contributed by atoms with Crippen LogP contribution in [0.25, 0.3) is 0 Å². The third-order valence-corrected chi connectivity index (χ3v) is 1.35. The summed E-state index contributed by atoms with van der Waals surface area (Å²) in [6.07, 6.45) is 0. The zero-order valence-electron chi connectivity index (χ0n) is 5.66. The number of aromatic hydroxyl groups is 1. The quantitative estimate of drug-likeness (QED) is 0.566. The Labute approximate surface area is 66.1 Å². The number of anilines is 1. The number of rotatable bonds is 0. The lowest BCUT2D eigenvalue weighted by molar-refractivity contribution is 0.471. The van der Waals surface area contributed by atoms with Crippen LogP contribution in [0.2, 0.25) is 0 Å². The van der Waals surface area contributed by atoms with Gasteiger partial charge < -0.3 is 10.8 Å². The van der Waals surface area contributed by atoms with Gasteiger partial charge in [-0.1, -0.05) is 6.07 Å². The molecule has 0 saturated heterocycles. The lowest BCUT2D eigenvalue weighted by Crippen LogP contribution is -1.87. The average Bonchev–Trinajstić information content (AvgIpc) is 1.83. The second kappa shape index (κ2) is 3.32. The Morgan fingerprint density at radius 2 is 2.00 bits per heavy atom. The summed E-state index contributed by atoms with van der Waals surface area (Å²) < 4.78 is 0. The third-order valence-electron chi connectivity index (χ3n) is 1.35. The van der Waals surface area contributed by atoms with Crippen LogP contribution in [0.4, 0.5) is 5.69 Å². The van der Waals surface area contributed by atoms with E-state index in [-0.39, 0.29) is 18.2 Å². The highest BCUT2D eigenvalue weighted by atomic mass is 35.5. The summed E-state index contributed by atoms with van der Waals surface area (Å²) in [6.45, 7) is 1.78. The van der Waals surface area contributed by atoms with Crippen LogP contribution in [0.15, 0.2) is 18.2 Å². The van der Waals surface area contributed by atoms with Gasteiger partial charge in [-0.15, -0.1) is 12.4 Å². The van der Waals surface area contributed by atoms with Crippen molar-refractivity contribution in [2.24, 2.45) is 0 Å². The van der Waals surface area contributed by atoms with Gasteiger partial charge in [-0.3, -0.25) is 0 Å². The molecule has 0 spiro atoms. The molecule has 0 bridgehead atoms. The van der Waals surface area contributed by atoms with Gasteiger partial charge in [0, 0.05) is 11.3 Å². The van der Waals surface area contributed by atoms with Gasteiger partial charge in [0.15, 0.2) is 0 Å². The summed E-state index contributed by atoms with van der Waals surface area (Å²) in [4.78, 5) is 0. The maximum atomic E-state index is 9.02. The molecule has 0 aromatic heterocycles. The molecule has 0 saturated carbocycles. The lowest BCUT2D eigenvalue weighted by atomic mass is 10.2. The molecule has 0 aliphatic heterocycles. The van der Waals surface area contributed by atoms with E-state index in [1.807, 2.05) is 0 Å². The van der Waals surface area contributed by atoms with Crippen LogP contribution in [0, 0.1) is 6.92 Å². The summed E-state index contributed by atoms with van der Waals surface area (Å²) in [7, 11) is 0. The molecule has 0 fully saturated rings. The number of phenolic OH excluding ortho intramolecular Hbond substituents is 1. The van der Waals surface area contributed by atoms with Gasteiger partial charge in [0.05, 0.1) is 0 Å². The highest BCUT2D eigenvalue weighted by molar-refractivity contribution is 5.85. The highest BCUT2D eigenvalue weighted by Gasteiger charge is 1.95. The highest BCUT2D eigenvalue weighted by Crippen LogP contribution is 2.20. The van der Waals surface area contributed by atoms with Crippen molar-refractivity contribution in [2.45, 2.75) is 6.92 Å². The number of halogens is 1. The van der Waals surface area contributed by atoms with Gasteiger partial charge >= 0.3 is 0 Å². The summed E-state index contributed by atoms with van der Waals surface area (Å²) in [6, 6.07) is 5.10. The largest absolute Gasteiger partial charge is 0.508 e. The first kappa shape index (κ1) is 9.11. The molecule has 1 rings (SSSR count). The number of hydrogen-bond acceptors (Lipinski definition) is 2.